The largest absolute Gasteiger partial charge is 0.497 e. The number of carbonyl (C=O) groups excluding carboxylic acids is 1. The number of thiazole rings is 1. The molecule has 0 spiro atoms. The molecule has 0 saturated heterocycles. The van der Waals surface area contributed by atoms with Crippen LogP contribution < -0.4 is 10.1 Å². The van der Waals surface area contributed by atoms with Crippen LogP contribution in [-0.2, 0) is 0 Å². The summed E-state index contributed by atoms with van der Waals surface area (Å²) in [5, 5.41) is 5.21. The molecule has 0 radical (unpaired) electrons. The first kappa shape index (κ1) is 15.6. The number of aromatic nitrogens is 2. The number of hydrogen-bond acceptors (Lipinski definition) is 5. The Balaban J connectivity index is 1.78. The molecule has 0 aliphatic rings. The van der Waals surface area contributed by atoms with Gasteiger partial charge in [-0.1, -0.05) is 12.1 Å². The summed E-state index contributed by atoms with van der Waals surface area (Å²) in [4.78, 5) is 20.6. The van der Waals surface area contributed by atoms with E-state index >= 15 is 0 Å². The Labute approximate surface area is 145 Å². The molecular formula is C16H12BrN3O2S. The summed E-state index contributed by atoms with van der Waals surface area (Å²) in [5.74, 6) is 0.520. The van der Waals surface area contributed by atoms with Crippen LogP contribution in [0.15, 0.2) is 52.6 Å². The van der Waals surface area contributed by atoms with E-state index in [4.69, 9.17) is 4.74 Å². The predicted molar refractivity (Wildman–Crippen MR) is 94.0 cm³/mol. The smallest absolute Gasteiger partial charge is 0.259 e. The van der Waals surface area contributed by atoms with Gasteiger partial charge in [0.15, 0.2) is 5.13 Å². The van der Waals surface area contributed by atoms with E-state index in [9.17, 15) is 4.79 Å². The fourth-order valence-electron chi connectivity index (χ4n) is 1.95. The monoisotopic (exact) mass is 389 g/mol. The SMILES string of the molecule is COc1cccc(-c2csc(NC(=O)c3cncc(Br)c3)n2)c1. The maximum absolute atomic E-state index is 12.2. The second kappa shape index (κ2) is 6.89. The van der Waals surface area contributed by atoms with Gasteiger partial charge in [-0.05, 0) is 34.1 Å². The molecule has 0 bridgehead atoms. The Kier molecular flexibility index (Phi) is 4.68. The predicted octanol–water partition coefficient (Wildman–Crippen LogP) is 4.23. The second-order valence-electron chi connectivity index (χ2n) is 4.62. The molecule has 1 N–H and O–H groups in total. The lowest BCUT2D eigenvalue weighted by Crippen LogP contribution is -2.11. The first-order valence-electron chi connectivity index (χ1n) is 6.67. The lowest BCUT2D eigenvalue weighted by atomic mass is 10.2. The number of rotatable bonds is 4. The molecule has 23 heavy (non-hydrogen) atoms. The molecule has 0 saturated carbocycles. The van der Waals surface area contributed by atoms with Crippen LogP contribution in [-0.4, -0.2) is 23.0 Å². The van der Waals surface area contributed by atoms with Crippen LogP contribution in [0.3, 0.4) is 0 Å². The summed E-state index contributed by atoms with van der Waals surface area (Å²) >= 11 is 4.67. The van der Waals surface area contributed by atoms with Gasteiger partial charge < -0.3 is 4.74 Å². The number of pyridine rings is 1. The molecule has 0 fully saturated rings. The van der Waals surface area contributed by atoms with E-state index < -0.39 is 0 Å². The van der Waals surface area contributed by atoms with Gasteiger partial charge in [0.05, 0.1) is 18.4 Å². The van der Waals surface area contributed by atoms with Crippen molar-refractivity contribution in [3.63, 3.8) is 0 Å². The summed E-state index contributed by atoms with van der Waals surface area (Å²) in [6.45, 7) is 0. The van der Waals surface area contributed by atoms with Gasteiger partial charge in [0.1, 0.15) is 5.75 Å². The Morgan fingerprint density at radius 2 is 2.17 bits per heavy atom. The number of nitrogens with one attached hydrogen (secondary N) is 1. The van der Waals surface area contributed by atoms with Gasteiger partial charge >= 0.3 is 0 Å². The molecule has 0 atom stereocenters. The van der Waals surface area contributed by atoms with Crippen LogP contribution in [0.5, 0.6) is 5.75 Å². The molecule has 5 nitrogen and oxygen atoms in total. The lowest BCUT2D eigenvalue weighted by molar-refractivity contribution is 0.102. The van der Waals surface area contributed by atoms with Gasteiger partial charge in [-0.2, -0.15) is 0 Å². The average Bonchev–Trinajstić information content (AvgIpc) is 3.03. The minimum Gasteiger partial charge on any atom is -0.497 e. The van der Waals surface area contributed by atoms with Crippen molar-refractivity contribution in [2.45, 2.75) is 0 Å². The van der Waals surface area contributed by atoms with Crippen molar-refractivity contribution in [3.8, 4) is 17.0 Å². The van der Waals surface area contributed by atoms with Gasteiger partial charge in [0.2, 0.25) is 0 Å². The third-order valence-electron chi connectivity index (χ3n) is 3.06. The highest BCUT2D eigenvalue weighted by atomic mass is 79.9. The molecule has 0 unspecified atom stereocenters. The van der Waals surface area contributed by atoms with E-state index in [1.54, 1.807) is 19.4 Å². The molecule has 3 aromatic rings. The van der Waals surface area contributed by atoms with Crippen molar-refractivity contribution < 1.29 is 9.53 Å². The van der Waals surface area contributed by atoms with Crippen molar-refractivity contribution in [2.24, 2.45) is 0 Å². The number of carbonyl (C=O) groups is 1. The fourth-order valence-corrected chi connectivity index (χ4v) is 3.03. The number of halogens is 1. The third-order valence-corrected chi connectivity index (χ3v) is 4.25. The van der Waals surface area contributed by atoms with E-state index in [1.165, 1.54) is 17.5 Å². The van der Waals surface area contributed by atoms with E-state index in [0.29, 0.717) is 10.7 Å². The van der Waals surface area contributed by atoms with E-state index in [1.807, 2.05) is 29.6 Å². The minimum absolute atomic E-state index is 0.245. The molecule has 1 aromatic carbocycles. The highest BCUT2D eigenvalue weighted by molar-refractivity contribution is 9.10. The highest BCUT2D eigenvalue weighted by Gasteiger charge is 2.11. The second-order valence-corrected chi connectivity index (χ2v) is 6.39. The molecule has 1 amide bonds. The first-order valence-corrected chi connectivity index (χ1v) is 8.35. The topological polar surface area (TPSA) is 64.1 Å². The maximum atomic E-state index is 12.2. The van der Waals surface area contributed by atoms with E-state index in [0.717, 1.165) is 21.5 Å². The summed E-state index contributed by atoms with van der Waals surface area (Å²) in [5.41, 5.74) is 2.19. The fraction of sp³-hybridized carbons (Fsp3) is 0.0625. The van der Waals surface area contributed by atoms with Crippen molar-refractivity contribution in [1.29, 1.82) is 0 Å². The summed E-state index contributed by atoms with van der Waals surface area (Å²) in [7, 11) is 1.62. The zero-order valence-corrected chi connectivity index (χ0v) is 14.5. The van der Waals surface area contributed by atoms with Gasteiger partial charge in [-0.15, -0.1) is 11.3 Å². The molecule has 0 aliphatic heterocycles. The van der Waals surface area contributed by atoms with Crippen LogP contribution in [0, 0.1) is 0 Å². The van der Waals surface area contributed by atoms with E-state index in [2.05, 4.69) is 31.2 Å². The number of hydrogen-bond donors (Lipinski definition) is 1. The van der Waals surface area contributed by atoms with Gasteiger partial charge in [-0.3, -0.25) is 15.1 Å². The van der Waals surface area contributed by atoms with E-state index in [-0.39, 0.29) is 5.91 Å². The zero-order chi connectivity index (χ0) is 16.2. The van der Waals surface area contributed by atoms with Crippen molar-refractivity contribution >= 4 is 38.3 Å². The lowest BCUT2D eigenvalue weighted by Gasteiger charge is -2.02. The number of anilines is 1. The number of nitrogens with zero attached hydrogens (tertiary/aromatic N) is 2. The molecular weight excluding hydrogens is 378 g/mol. The summed E-state index contributed by atoms with van der Waals surface area (Å²) < 4.78 is 5.96. The normalized spacial score (nSPS) is 10.3. The Morgan fingerprint density at radius 1 is 1.30 bits per heavy atom. The average molecular weight is 390 g/mol. The number of ether oxygens (including phenoxy) is 1. The quantitative estimate of drug-likeness (QED) is 0.724. The number of amides is 1. The third kappa shape index (κ3) is 3.75. The zero-order valence-electron chi connectivity index (χ0n) is 12.1. The molecule has 2 aromatic heterocycles. The number of benzene rings is 1. The van der Waals surface area contributed by atoms with Crippen molar-refractivity contribution in [3.05, 3.63) is 58.1 Å². The van der Waals surface area contributed by atoms with Crippen LogP contribution in [0.25, 0.3) is 11.3 Å². The molecule has 0 aliphatic carbocycles. The maximum Gasteiger partial charge on any atom is 0.259 e. The molecule has 7 heteroatoms. The number of methoxy groups -OCH3 is 1. The van der Waals surface area contributed by atoms with Gasteiger partial charge in [0.25, 0.3) is 5.91 Å². The minimum atomic E-state index is -0.245. The Hall–Kier alpha value is -2.25. The molecule has 3 rings (SSSR count). The summed E-state index contributed by atoms with van der Waals surface area (Å²) in [6, 6.07) is 9.33. The summed E-state index contributed by atoms with van der Waals surface area (Å²) in [6.07, 6.45) is 3.14. The van der Waals surface area contributed by atoms with Gasteiger partial charge in [0, 0.05) is 27.8 Å². The molecule has 116 valence electrons. The van der Waals surface area contributed by atoms with Crippen LogP contribution in [0.2, 0.25) is 0 Å². The Morgan fingerprint density at radius 3 is 2.96 bits per heavy atom. The van der Waals surface area contributed by atoms with Crippen LogP contribution >= 0.6 is 27.3 Å². The van der Waals surface area contributed by atoms with Crippen molar-refractivity contribution in [1.82, 2.24) is 9.97 Å². The van der Waals surface area contributed by atoms with Crippen LogP contribution in [0.1, 0.15) is 10.4 Å². The molecule has 2 heterocycles. The standard InChI is InChI=1S/C16H12BrN3O2S/c1-22-13-4-2-3-10(6-13)14-9-23-16(19-14)20-15(21)11-5-12(17)8-18-7-11/h2-9H,1H3,(H,19,20,21). The highest BCUT2D eigenvalue weighted by Crippen LogP contribution is 2.27. The first-order chi connectivity index (χ1) is 11.2. The Bertz CT molecular complexity index is 851. The van der Waals surface area contributed by atoms with Crippen molar-refractivity contribution in [2.75, 3.05) is 12.4 Å². The van der Waals surface area contributed by atoms with Gasteiger partial charge in [-0.25, -0.2) is 4.98 Å². The van der Waals surface area contributed by atoms with Crippen LogP contribution in [0.4, 0.5) is 5.13 Å².